The number of anilines is 2. The first-order valence-electron chi connectivity index (χ1n) is 22.0. The number of hydrogen-bond donors (Lipinski definition) is 6. The molecule has 0 bridgehead atoms. The summed E-state index contributed by atoms with van der Waals surface area (Å²) in [4.78, 5) is 96.9. The number of piperidine rings is 1. The van der Waals surface area contributed by atoms with Gasteiger partial charge >= 0.3 is 0 Å². The topological polar surface area (TPSA) is 205 Å². The zero-order chi connectivity index (χ0) is 44.6. The maximum atomic E-state index is 13.9. The van der Waals surface area contributed by atoms with Crippen LogP contribution in [0.25, 0.3) is 11.6 Å². The Bertz CT molecular complexity index is 2320. The molecule has 5 heterocycles. The molecule has 0 saturated carbocycles. The number of amides is 7. The van der Waals surface area contributed by atoms with Crippen molar-refractivity contribution >= 4 is 64.4 Å². The molecule has 2 aromatic carbocycles. The fraction of sp³-hybridized carbons (Fsp3) is 0.457. The minimum Gasteiger partial charge on any atom is -0.385 e. The smallest absolute Gasteiger partial charge is 0.262 e. The standard InChI is InChI=1S/C46H56FN9O7/c1-28-37(26-34-33-24-30(47)10-13-36(33)52-42(34)59)51-29(2)41(28)44(61)50-18-9-19-54-20-22-55(23-21-54)27-40(58)49-17-8-6-4-3-5-7-16-48-31-11-12-32-35(25-31)46(63)56(45(32)62)38-14-15-39(57)53-43(38)60/h10-13,24-26,38,48,51H,3-9,14-23,27H2,1-2H3,(H,49,58)(H,50,61)(H,52,59)(H,53,57,60)/b34-26-. The molecule has 7 rings (SSSR count). The maximum Gasteiger partial charge on any atom is 0.262 e. The van der Waals surface area contributed by atoms with Gasteiger partial charge in [-0.05, 0) is 94.1 Å². The Morgan fingerprint density at radius 3 is 2.24 bits per heavy atom. The first kappa shape index (κ1) is 44.8. The number of aromatic amines is 1. The zero-order valence-corrected chi connectivity index (χ0v) is 35.9. The number of nitrogens with one attached hydrogen (secondary N) is 6. The van der Waals surface area contributed by atoms with Crippen LogP contribution < -0.4 is 26.6 Å². The van der Waals surface area contributed by atoms with Crippen molar-refractivity contribution < 1.29 is 38.0 Å². The highest BCUT2D eigenvalue weighted by atomic mass is 19.1. The Hall–Kier alpha value is -6.20. The molecule has 1 aromatic heterocycles. The lowest BCUT2D eigenvalue weighted by Crippen LogP contribution is -2.54. The maximum absolute atomic E-state index is 13.9. The second-order valence-electron chi connectivity index (χ2n) is 16.7. The number of carbonyl (C=O) groups excluding carboxylic acids is 7. The van der Waals surface area contributed by atoms with Gasteiger partial charge < -0.3 is 31.2 Å². The second-order valence-corrected chi connectivity index (χ2v) is 16.7. The largest absolute Gasteiger partial charge is 0.385 e. The van der Waals surface area contributed by atoms with Crippen LogP contribution in [0.3, 0.4) is 0 Å². The van der Waals surface area contributed by atoms with Crippen molar-refractivity contribution in [3.63, 3.8) is 0 Å². The number of aryl methyl sites for hydroxylation is 1. The molecule has 16 nitrogen and oxygen atoms in total. The number of nitrogens with zero attached hydrogens (tertiary/aromatic N) is 3. The van der Waals surface area contributed by atoms with Crippen LogP contribution in [-0.4, -0.2) is 126 Å². The molecule has 3 aromatic rings. The fourth-order valence-corrected chi connectivity index (χ4v) is 8.73. The van der Waals surface area contributed by atoms with Gasteiger partial charge in [0.2, 0.25) is 17.7 Å². The lowest BCUT2D eigenvalue weighted by atomic mass is 10.0. The molecule has 2 saturated heterocycles. The molecular weight excluding hydrogens is 810 g/mol. The predicted octanol–water partition coefficient (Wildman–Crippen LogP) is 3.97. The lowest BCUT2D eigenvalue weighted by molar-refractivity contribution is -0.136. The summed E-state index contributed by atoms with van der Waals surface area (Å²) in [6.45, 7) is 10.0. The van der Waals surface area contributed by atoms with Crippen molar-refractivity contribution in [2.24, 2.45) is 0 Å². The van der Waals surface area contributed by atoms with Crippen LogP contribution >= 0.6 is 0 Å². The predicted molar refractivity (Wildman–Crippen MR) is 235 cm³/mol. The number of benzene rings is 2. The Balaban J connectivity index is 0.703. The minimum absolute atomic E-state index is 0.0402. The Morgan fingerprint density at radius 1 is 0.778 bits per heavy atom. The molecule has 0 radical (unpaired) electrons. The van der Waals surface area contributed by atoms with E-state index in [1.807, 2.05) is 13.8 Å². The van der Waals surface area contributed by atoms with Crippen LogP contribution in [0.2, 0.25) is 0 Å². The number of hydrogen-bond acceptors (Lipinski definition) is 10. The van der Waals surface area contributed by atoms with E-state index in [-0.39, 0.29) is 41.7 Å². The normalized spacial score (nSPS) is 18.4. The van der Waals surface area contributed by atoms with E-state index in [1.165, 1.54) is 18.2 Å². The lowest BCUT2D eigenvalue weighted by Gasteiger charge is -2.34. The SMILES string of the molecule is Cc1[nH]c(/C=C2\C(=O)Nc3ccc(F)cc32)c(C)c1C(=O)NCCCN1CCN(CC(=O)NCCCCCCCCNc2ccc3c(c2)C(=O)N(C2CCC(=O)NC2=O)C3=O)CC1. The molecule has 0 aliphatic carbocycles. The Labute approximate surface area is 365 Å². The average molecular weight is 866 g/mol. The van der Waals surface area contributed by atoms with Crippen molar-refractivity contribution in [2.75, 3.05) is 69.5 Å². The van der Waals surface area contributed by atoms with Gasteiger partial charge in [0.15, 0.2) is 0 Å². The fourth-order valence-electron chi connectivity index (χ4n) is 8.73. The molecule has 0 spiro atoms. The van der Waals surface area contributed by atoms with E-state index in [0.717, 1.165) is 88.3 Å². The molecule has 1 unspecified atom stereocenters. The van der Waals surface area contributed by atoms with E-state index in [2.05, 4.69) is 41.4 Å². The van der Waals surface area contributed by atoms with E-state index in [0.29, 0.717) is 65.5 Å². The highest BCUT2D eigenvalue weighted by Gasteiger charge is 2.44. The molecule has 4 aliphatic heterocycles. The van der Waals surface area contributed by atoms with E-state index in [1.54, 1.807) is 24.3 Å². The molecule has 6 N–H and O–H groups in total. The van der Waals surface area contributed by atoms with Gasteiger partial charge in [-0.15, -0.1) is 0 Å². The number of unbranched alkanes of at least 4 members (excludes halogenated alkanes) is 5. The second kappa shape index (κ2) is 20.3. The van der Waals surface area contributed by atoms with Gasteiger partial charge in [-0.1, -0.05) is 25.7 Å². The third-order valence-corrected chi connectivity index (χ3v) is 12.2. The number of halogens is 1. The van der Waals surface area contributed by atoms with Crippen LogP contribution in [0.15, 0.2) is 36.4 Å². The van der Waals surface area contributed by atoms with Gasteiger partial charge in [0.25, 0.3) is 23.6 Å². The zero-order valence-electron chi connectivity index (χ0n) is 35.9. The average Bonchev–Trinajstić information content (AvgIpc) is 3.82. The van der Waals surface area contributed by atoms with Gasteiger partial charge in [0, 0.05) is 80.6 Å². The van der Waals surface area contributed by atoms with E-state index in [9.17, 15) is 38.0 Å². The summed E-state index contributed by atoms with van der Waals surface area (Å²) in [6, 6.07) is 8.20. The highest BCUT2D eigenvalue weighted by molar-refractivity contribution is 6.35. The molecule has 63 heavy (non-hydrogen) atoms. The monoisotopic (exact) mass is 865 g/mol. The van der Waals surface area contributed by atoms with Crippen molar-refractivity contribution in [1.29, 1.82) is 0 Å². The van der Waals surface area contributed by atoms with Gasteiger partial charge in [-0.3, -0.25) is 48.7 Å². The van der Waals surface area contributed by atoms with Gasteiger partial charge in [0.05, 0.1) is 28.8 Å². The molecule has 2 fully saturated rings. The molecular formula is C46H56FN9O7. The third-order valence-electron chi connectivity index (χ3n) is 12.2. The Kier molecular flexibility index (Phi) is 14.5. The number of carbonyl (C=O) groups is 7. The summed E-state index contributed by atoms with van der Waals surface area (Å²) in [5, 5.41) is 14.4. The van der Waals surface area contributed by atoms with Crippen molar-refractivity contribution in [3.05, 3.63) is 81.4 Å². The quantitative estimate of drug-likeness (QED) is 0.0582. The van der Waals surface area contributed by atoms with Crippen LogP contribution in [0.1, 0.15) is 111 Å². The minimum atomic E-state index is -0.982. The highest BCUT2D eigenvalue weighted by Crippen LogP contribution is 2.35. The molecule has 4 aliphatic rings. The molecule has 334 valence electrons. The van der Waals surface area contributed by atoms with E-state index in [4.69, 9.17) is 0 Å². The summed E-state index contributed by atoms with van der Waals surface area (Å²) in [6.07, 6.45) is 8.70. The van der Waals surface area contributed by atoms with Gasteiger partial charge in [-0.2, -0.15) is 0 Å². The summed E-state index contributed by atoms with van der Waals surface area (Å²) in [5.74, 6) is -2.96. The summed E-state index contributed by atoms with van der Waals surface area (Å²) < 4.78 is 13.9. The van der Waals surface area contributed by atoms with Crippen LogP contribution in [-0.2, 0) is 19.2 Å². The van der Waals surface area contributed by atoms with Gasteiger partial charge in [-0.25, -0.2) is 4.39 Å². The van der Waals surface area contributed by atoms with E-state index >= 15 is 0 Å². The van der Waals surface area contributed by atoms with Gasteiger partial charge in [0.1, 0.15) is 11.9 Å². The summed E-state index contributed by atoms with van der Waals surface area (Å²) >= 11 is 0. The summed E-state index contributed by atoms with van der Waals surface area (Å²) in [7, 11) is 0. The van der Waals surface area contributed by atoms with Crippen LogP contribution in [0, 0.1) is 19.7 Å². The van der Waals surface area contributed by atoms with Crippen LogP contribution in [0.4, 0.5) is 15.8 Å². The number of piperazine rings is 1. The molecule has 17 heteroatoms. The van der Waals surface area contributed by atoms with Crippen LogP contribution in [0.5, 0.6) is 0 Å². The number of aromatic nitrogens is 1. The third kappa shape index (κ3) is 10.7. The van der Waals surface area contributed by atoms with Crippen molar-refractivity contribution in [3.8, 4) is 0 Å². The Morgan fingerprint density at radius 2 is 1.48 bits per heavy atom. The van der Waals surface area contributed by atoms with Crippen molar-refractivity contribution in [2.45, 2.75) is 77.7 Å². The summed E-state index contributed by atoms with van der Waals surface area (Å²) in [5.41, 5.74) is 5.20. The number of rotatable bonds is 19. The number of imide groups is 2. The van der Waals surface area contributed by atoms with E-state index < -0.39 is 35.5 Å². The first-order valence-corrected chi connectivity index (χ1v) is 22.0. The number of fused-ring (bicyclic) bond motifs is 2. The molecule has 7 amide bonds. The number of H-pyrrole nitrogens is 1. The molecule has 1 atom stereocenters. The first-order chi connectivity index (χ1) is 30.4. The van der Waals surface area contributed by atoms with Crippen molar-refractivity contribution in [1.82, 2.24) is 35.6 Å².